The van der Waals surface area contributed by atoms with E-state index in [0.29, 0.717) is 12.8 Å². The summed E-state index contributed by atoms with van der Waals surface area (Å²) < 4.78 is 10.3. The minimum atomic E-state index is -0.954. The monoisotopic (exact) mass is 625 g/mol. The van der Waals surface area contributed by atoms with Gasteiger partial charge >= 0.3 is 11.9 Å². The van der Waals surface area contributed by atoms with Gasteiger partial charge < -0.3 is 14.6 Å². The van der Waals surface area contributed by atoms with E-state index in [9.17, 15) is 14.7 Å². The second kappa shape index (κ2) is 34.8. The van der Waals surface area contributed by atoms with Crippen LogP contribution in [0.25, 0.3) is 0 Å². The molecule has 0 radical (unpaired) electrons. The van der Waals surface area contributed by atoms with Crippen molar-refractivity contribution in [2.45, 2.75) is 219 Å². The first-order valence-corrected chi connectivity index (χ1v) is 19.4. The lowest BCUT2D eigenvalue weighted by Crippen LogP contribution is -2.25. The lowest BCUT2D eigenvalue weighted by Gasteiger charge is -2.12. The van der Waals surface area contributed by atoms with Crippen LogP contribution in [0.15, 0.2) is 0 Å². The molecule has 0 spiro atoms. The molecule has 0 bridgehead atoms. The predicted octanol–water partition coefficient (Wildman–Crippen LogP) is 11.8. The molecule has 0 saturated heterocycles. The van der Waals surface area contributed by atoms with Gasteiger partial charge in [0.15, 0.2) is 0 Å². The molecule has 0 fully saturated rings. The van der Waals surface area contributed by atoms with Crippen LogP contribution in [0, 0.1) is 5.92 Å². The molecule has 0 aliphatic heterocycles. The van der Waals surface area contributed by atoms with E-state index in [1.807, 2.05) is 0 Å². The zero-order valence-electron chi connectivity index (χ0n) is 29.9. The largest absolute Gasteiger partial charge is 0.463 e. The molecule has 0 rings (SSSR count). The summed E-state index contributed by atoms with van der Waals surface area (Å²) >= 11 is 0. The van der Waals surface area contributed by atoms with Crippen molar-refractivity contribution in [2.24, 2.45) is 5.92 Å². The van der Waals surface area contributed by atoms with Crippen LogP contribution in [-0.2, 0) is 19.1 Å². The molecule has 0 aromatic rings. The molecule has 262 valence electrons. The molecule has 0 unspecified atom stereocenters. The molecule has 5 nitrogen and oxygen atoms in total. The van der Waals surface area contributed by atoms with Crippen LogP contribution >= 0.6 is 0 Å². The minimum Gasteiger partial charge on any atom is -0.463 e. The first-order chi connectivity index (χ1) is 21.5. The van der Waals surface area contributed by atoms with Gasteiger partial charge in [0.1, 0.15) is 19.3 Å². The number of hydrogen-bond acceptors (Lipinski definition) is 5. The summed E-state index contributed by atoms with van der Waals surface area (Å²) in [6.45, 7) is 6.68. The summed E-state index contributed by atoms with van der Waals surface area (Å²) in [5, 5.41) is 10.00. The molecule has 5 heteroatoms. The van der Waals surface area contributed by atoms with Crippen LogP contribution in [0.3, 0.4) is 0 Å². The van der Waals surface area contributed by atoms with Crippen LogP contribution in [0.1, 0.15) is 213 Å². The van der Waals surface area contributed by atoms with Gasteiger partial charge in [-0.15, -0.1) is 0 Å². The van der Waals surface area contributed by atoms with Crippen molar-refractivity contribution < 1.29 is 24.2 Å². The lowest BCUT2D eigenvalue weighted by molar-refractivity contribution is -0.152. The maximum atomic E-state index is 12.0. The minimum absolute atomic E-state index is 0.108. The van der Waals surface area contributed by atoms with Crippen LogP contribution in [0.4, 0.5) is 0 Å². The van der Waals surface area contributed by atoms with E-state index in [1.54, 1.807) is 0 Å². The molecule has 0 saturated carbocycles. The third-order valence-corrected chi connectivity index (χ3v) is 8.77. The highest BCUT2D eigenvalue weighted by Crippen LogP contribution is 2.16. The van der Waals surface area contributed by atoms with Gasteiger partial charge in [0.25, 0.3) is 0 Å². The lowest BCUT2D eigenvalue weighted by atomic mass is 10.0. The number of carbonyl (C=O) groups excluding carboxylic acids is 2. The number of hydrogen-bond donors (Lipinski definition) is 1. The fraction of sp³-hybridized carbons (Fsp3) is 0.949. The Morgan fingerprint density at radius 1 is 0.455 bits per heavy atom. The number of carbonyl (C=O) groups is 2. The maximum absolute atomic E-state index is 12.0. The van der Waals surface area contributed by atoms with E-state index in [4.69, 9.17) is 9.47 Å². The van der Waals surface area contributed by atoms with Crippen molar-refractivity contribution in [1.29, 1.82) is 0 Å². The van der Waals surface area contributed by atoms with Crippen molar-refractivity contribution in [3.05, 3.63) is 0 Å². The standard InChI is InChI=1S/C39H76O5/c1-4-5-6-7-8-9-10-13-17-20-23-26-29-32-38(41)43-34-37(40)35-44-39(42)33-30-27-24-21-18-15-12-11-14-16-19-22-25-28-31-36(2)3/h36-37,40H,4-35H2,1-3H3/t37-/m1/s1. The van der Waals surface area contributed by atoms with Crippen LogP contribution in [0.2, 0.25) is 0 Å². The molecule has 0 aliphatic carbocycles. The van der Waals surface area contributed by atoms with Gasteiger partial charge in [0, 0.05) is 12.8 Å². The zero-order valence-corrected chi connectivity index (χ0v) is 29.9. The predicted molar refractivity (Wildman–Crippen MR) is 187 cm³/mol. The Balaban J connectivity index is 3.38. The van der Waals surface area contributed by atoms with Crippen LogP contribution in [-0.4, -0.2) is 36.4 Å². The fourth-order valence-electron chi connectivity index (χ4n) is 5.80. The van der Waals surface area contributed by atoms with Crippen molar-refractivity contribution in [3.8, 4) is 0 Å². The fourth-order valence-corrected chi connectivity index (χ4v) is 5.80. The van der Waals surface area contributed by atoms with Crippen LogP contribution in [0.5, 0.6) is 0 Å². The second-order valence-electron chi connectivity index (χ2n) is 13.9. The Morgan fingerprint density at radius 3 is 1.02 bits per heavy atom. The van der Waals surface area contributed by atoms with Crippen molar-refractivity contribution in [2.75, 3.05) is 13.2 Å². The Morgan fingerprint density at radius 2 is 0.727 bits per heavy atom. The third-order valence-electron chi connectivity index (χ3n) is 8.77. The summed E-state index contributed by atoms with van der Waals surface area (Å²) in [6, 6.07) is 0. The summed E-state index contributed by atoms with van der Waals surface area (Å²) in [5.41, 5.74) is 0. The number of aliphatic hydroxyl groups is 1. The van der Waals surface area contributed by atoms with Gasteiger partial charge in [-0.1, -0.05) is 188 Å². The van der Waals surface area contributed by atoms with Gasteiger partial charge in [-0.05, 0) is 18.8 Å². The summed E-state index contributed by atoms with van der Waals surface area (Å²) in [5.74, 6) is 0.300. The molecule has 0 aliphatic rings. The first kappa shape index (κ1) is 42.9. The highest BCUT2D eigenvalue weighted by molar-refractivity contribution is 5.69. The number of aliphatic hydroxyl groups excluding tert-OH is 1. The van der Waals surface area contributed by atoms with Crippen LogP contribution < -0.4 is 0 Å². The number of esters is 2. The van der Waals surface area contributed by atoms with Gasteiger partial charge in [-0.25, -0.2) is 0 Å². The maximum Gasteiger partial charge on any atom is 0.305 e. The third kappa shape index (κ3) is 35.4. The van der Waals surface area contributed by atoms with E-state index >= 15 is 0 Å². The topological polar surface area (TPSA) is 72.8 Å². The molecular formula is C39H76O5. The van der Waals surface area contributed by atoms with E-state index in [0.717, 1.165) is 31.6 Å². The summed E-state index contributed by atoms with van der Waals surface area (Å²) in [6.07, 6.45) is 35.8. The first-order valence-electron chi connectivity index (χ1n) is 19.4. The SMILES string of the molecule is CCCCCCCCCCCCCCCC(=O)OC[C@@H](O)COC(=O)CCCCCCCCCCCCCCCCC(C)C. The highest BCUT2D eigenvalue weighted by Gasteiger charge is 2.12. The number of rotatable bonds is 35. The Bertz CT molecular complexity index is 605. The van der Waals surface area contributed by atoms with Gasteiger partial charge in [-0.3, -0.25) is 9.59 Å². The molecule has 0 heterocycles. The summed E-state index contributed by atoms with van der Waals surface area (Å²) in [7, 11) is 0. The quantitative estimate of drug-likeness (QED) is 0.0561. The Kier molecular flexibility index (Phi) is 33.9. The molecule has 1 N–H and O–H groups in total. The molecule has 0 aromatic carbocycles. The normalized spacial score (nSPS) is 12.1. The second-order valence-corrected chi connectivity index (χ2v) is 13.9. The van der Waals surface area contributed by atoms with Crippen molar-refractivity contribution in [1.82, 2.24) is 0 Å². The Labute approximate surface area is 274 Å². The molecule has 1 atom stereocenters. The average Bonchev–Trinajstić information content (AvgIpc) is 3.00. The smallest absolute Gasteiger partial charge is 0.305 e. The molecule has 44 heavy (non-hydrogen) atoms. The number of ether oxygens (including phenoxy) is 2. The van der Waals surface area contributed by atoms with Gasteiger partial charge in [-0.2, -0.15) is 0 Å². The molecular weight excluding hydrogens is 548 g/mol. The van der Waals surface area contributed by atoms with Crippen molar-refractivity contribution >= 4 is 11.9 Å². The average molecular weight is 625 g/mol. The molecule has 0 amide bonds. The van der Waals surface area contributed by atoms with Gasteiger partial charge in [0.2, 0.25) is 0 Å². The van der Waals surface area contributed by atoms with Crippen molar-refractivity contribution in [3.63, 3.8) is 0 Å². The van der Waals surface area contributed by atoms with E-state index in [1.165, 1.54) is 154 Å². The van der Waals surface area contributed by atoms with E-state index in [2.05, 4.69) is 20.8 Å². The number of unbranched alkanes of at least 4 members (excludes halogenated alkanes) is 25. The Hall–Kier alpha value is -1.10. The van der Waals surface area contributed by atoms with E-state index in [-0.39, 0.29) is 25.2 Å². The highest BCUT2D eigenvalue weighted by atomic mass is 16.6. The zero-order chi connectivity index (χ0) is 32.4. The van der Waals surface area contributed by atoms with Gasteiger partial charge in [0.05, 0.1) is 0 Å². The summed E-state index contributed by atoms with van der Waals surface area (Å²) in [4.78, 5) is 23.9. The van der Waals surface area contributed by atoms with E-state index < -0.39 is 6.10 Å². The molecule has 0 aromatic heterocycles.